The van der Waals surface area contributed by atoms with E-state index in [1.54, 1.807) is 0 Å². The van der Waals surface area contributed by atoms with Crippen LogP contribution in [0.4, 0.5) is 0 Å². The lowest BCUT2D eigenvalue weighted by Crippen LogP contribution is -2.56. The van der Waals surface area contributed by atoms with Crippen LogP contribution in [-0.4, -0.2) is 121 Å². The molecular formula is C27H47N9O7S2. The topological polar surface area (TPSA) is 247 Å². The number of rotatable bonds is 22. The number of nitrogens with one attached hydrogen (secondary N) is 5. The highest BCUT2D eigenvalue weighted by molar-refractivity contribution is 7.99. The Morgan fingerprint density at radius 2 is 1.62 bits per heavy atom. The van der Waals surface area contributed by atoms with Gasteiger partial charge in [-0.3, -0.25) is 38.6 Å². The number of hydrogen-bond acceptors (Lipinski definition) is 10. The zero-order valence-electron chi connectivity index (χ0n) is 25.9. The maximum absolute atomic E-state index is 13.6. The summed E-state index contributed by atoms with van der Waals surface area (Å²) >= 11 is 2.78. The molecule has 1 aliphatic heterocycles. The number of amides is 7. The number of unbranched alkanes of at least 4 members (excludes halogenated alkanes) is 1. The molecule has 1 rings (SSSR count). The molecule has 0 aromatic carbocycles. The first-order valence-corrected chi connectivity index (χ1v) is 17.1. The molecule has 0 spiro atoms. The average molecular weight is 674 g/mol. The molecule has 16 nitrogen and oxygen atoms in total. The van der Waals surface area contributed by atoms with E-state index in [1.807, 2.05) is 13.8 Å². The lowest BCUT2D eigenvalue weighted by molar-refractivity contribution is -0.140. The van der Waals surface area contributed by atoms with Crippen molar-refractivity contribution in [2.24, 2.45) is 22.4 Å². The first kappa shape index (κ1) is 39.5. The molecule has 1 fully saturated rings. The van der Waals surface area contributed by atoms with E-state index in [4.69, 9.17) is 11.5 Å². The second-order valence-corrected chi connectivity index (χ2v) is 12.7. The van der Waals surface area contributed by atoms with Crippen LogP contribution in [0.3, 0.4) is 0 Å². The van der Waals surface area contributed by atoms with Gasteiger partial charge in [-0.1, -0.05) is 13.8 Å². The van der Waals surface area contributed by atoms with Gasteiger partial charge in [-0.25, -0.2) is 0 Å². The van der Waals surface area contributed by atoms with E-state index < -0.39 is 35.7 Å². The Labute approximate surface area is 272 Å². The van der Waals surface area contributed by atoms with Gasteiger partial charge >= 0.3 is 0 Å². The van der Waals surface area contributed by atoms with Crippen LogP contribution in [0.5, 0.6) is 0 Å². The molecule has 0 unspecified atom stereocenters. The van der Waals surface area contributed by atoms with Crippen molar-refractivity contribution < 1.29 is 33.6 Å². The highest BCUT2D eigenvalue weighted by Crippen LogP contribution is 2.23. The van der Waals surface area contributed by atoms with Gasteiger partial charge in [-0.05, 0) is 30.9 Å². The Balaban J connectivity index is 2.69. The predicted molar refractivity (Wildman–Crippen MR) is 174 cm³/mol. The number of carbonyl (C=O) groups is 7. The van der Waals surface area contributed by atoms with Gasteiger partial charge in [-0.2, -0.15) is 11.8 Å². The molecule has 1 aliphatic rings. The van der Waals surface area contributed by atoms with Crippen LogP contribution >= 0.6 is 23.5 Å². The van der Waals surface area contributed by atoms with Crippen LogP contribution in [0.2, 0.25) is 0 Å². The smallest absolute Gasteiger partial charge is 0.247 e. The van der Waals surface area contributed by atoms with Crippen LogP contribution < -0.4 is 38.1 Å². The Bertz CT molecular complexity index is 1050. The van der Waals surface area contributed by atoms with Crippen molar-refractivity contribution >= 4 is 71.2 Å². The molecule has 0 aromatic rings. The van der Waals surface area contributed by atoms with E-state index in [2.05, 4.69) is 31.6 Å². The first-order valence-electron chi connectivity index (χ1n) is 14.8. The molecule has 1 saturated heterocycles. The SMILES string of the molecule is CC(C)CC(=O)NCC(=O)N[C@@H](CSCCCC(=O)NCC(=O)NCC(N)=O)C(=O)N1CSC[C@H]1C(=O)NCCCCN=CN. The zero-order chi connectivity index (χ0) is 33.6. The highest BCUT2D eigenvalue weighted by atomic mass is 32.2. The van der Waals surface area contributed by atoms with Gasteiger partial charge in [0.2, 0.25) is 41.4 Å². The van der Waals surface area contributed by atoms with Crippen LogP contribution in [0.15, 0.2) is 4.99 Å². The fourth-order valence-corrected chi connectivity index (χ4v) is 6.04. The third-order valence-corrected chi connectivity index (χ3v) is 8.30. The minimum atomic E-state index is -0.963. The maximum Gasteiger partial charge on any atom is 0.247 e. The summed E-state index contributed by atoms with van der Waals surface area (Å²) in [4.78, 5) is 90.9. The molecule has 0 aliphatic carbocycles. The summed E-state index contributed by atoms with van der Waals surface area (Å²) in [6.45, 7) is 3.86. The van der Waals surface area contributed by atoms with Gasteiger partial charge in [0.05, 0.1) is 31.8 Å². The summed E-state index contributed by atoms with van der Waals surface area (Å²) < 4.78 is 0. The number of thioether (sulfide) groups is 2. The molecule has 7 amide bonds. The predicted octanol–water partition coefficient (Wildman–Crippen LogP) is -2.35. The summed E-state index contributed by atoms with van der Waals surface area (Å²) in [6, 6.07) is -1.65. The summed E-state index contributed by atoms with van der Waals surface area (Å²) in [5.41, 5.74) is 10.2. The molecule has 45 heavy (non-hydrogen) atoms. The quantitative estimate of drug-likeness (QED) is 0.0366. The molecule has 0 aromatic heterocycles. The molecule has 18 heteroatoms. The van der Waals surface area contributed by atoms with E-state index in [-0.39, 0.29) is 67.7 Å². The van der Waals surface area contributed by atoms with Gasteiger partial charge in [0.1, 0.15) is 12.1 Å². The Kier molecular flexibility index (Phi) is 20.1. The minimum absolute atomic E-state index is 0.118. The standard InChI is InChI=1S/C27H47N9O7S2/c1-18(2)10-23(39)34-13-25(41)35-19(14-44-9-5-6-22(38)33-12-24(40)32-11-21(29)37)27(43)36-17-45-15-20(36)26(42)31-8-4-3-7-30-16-28/h16,18-20H,3-15,17H2,1-2H3,(H2,28,30)(H2,29,37)(H,31,42)(H,32,40)(H,33,38)(H,34,39)(H,35,41)/t19-,20-/m0/s1. The van der Waals surface area contributed by atoms with Crippen LogP contribution in [0.25, 0.3) is 0 Å². The lowest BCUT2D eigenvalue weighted by Gasteiger charge is -2.28. The fourth-order valence-electron chi connectivity index (χ4n) is 3.90. The van der Waals surface area contributed by atoms with Gasteiger partial charge in [-0.15, -0.1) is 11.8 Å². The number of nitrogens with two attached hydrogens (primary N) is 2. The summed E-state index contributed by atoms with van der Waals surface area (Å²) in [5.74, 6) is -1.62. The second kappa shape index (κ2) is 22.9. The number of aliphatic imine (C=N–C) groups is 1. The van der Waals surface area contributed by atoms with E-state index in [0.717, 1.165) is 6.42 Å². The van der Waals surface area contributed by atoms with Crippen molar-refractivity contribution in [3.05, 3.63) is 0 Å². The van der Waals surface area contributed by atoms with Crippen molar-refractivity contribution in [3.63, 3.8) is 0 Å². The van der Waals surface area contributed by atoms with Gasteiger partial charge in [0.15, 0.2) is 0 Å². The van der Waals surface area contributed by atoms with Gasteiger partial charge < -0.3 is 43.0 Å². The average Bonchev–Trinajstić information content (AvgIpc) is 3.48. The third kappa shape index (κ3) is 18.1. The second-order valence-electron chi connectivity index (χ2n) is 10.6. The summed E-state index contributed by atoms with van der Waals surface area (Å²) in [5, 5.41) is 12.8. The first-order chi connectivity index (χ1) is 21.4. The number of nitrogens with zero attached hydrogens (tertiary/aromatic N) is 2. The number of carbonyl (C=O) groups excluding carboxylic acids is 7. The summed E-state index contributed by atoms with van der Waals surface area (Å²) in [6.07, 6.45) is 3.51. The van der Waals surface area contributed by atoms with Crippen molar-refractivity contribution in [1.29, 1.82) is 0 Å². The molecule has 2 atom stereocenters. The van der Waals surface area contributed by atoms with Crippen molar-refractivity contribution in [2.75, 3.05) is 55.9 Å². The minimum Gasteiger partial charge on any atom is -0.390 e. The number of hydrogen-bond donors (Lipinski definition) is 7. The molecule has 0 radical (unpaired) electrons. The van der Waals surface area contributed by atoms with E-state index in [0.29, 0.717) is 37.4 Å². The fraction of sp³-hybridized carbons (Fsp3) is 0.704. The van der Waals surface area contributed by atoms with Crippen LogP contribution in [0.1, 0.15) is 46.0 Å². The Hall–Kier alpha value is -3.54. The van der Waals surface area contributed by atoms with Gasteiger partial charge in [0.25, 0.3) is 0 Å². The van der Waals surface area contributed by atoms with Crippen molar-refractivity contribution in [1.82, 2.24) is 31.5 Å². The molecule has 9 N–H and O–H groups in total. The van der Waals surface area contributed by atoms with Gasteiger partial charge in [0, 0.05) is 37.4 Å². The largest absolute Gasteiger partial charge is 0.390 e. The Morgan fingerprint density at radius 3 is 2.31 bits per heavy atom. The van der Waals surface area contributed by atoms with Crippen molar-refractivity contribution in [3.8, 4) is 0 Å². The normalized spacial score (nSPS) is 15.0. The Morgan fingerprint density at radius 1 is 0.933 bits per heavy atom. The molecular weight excluding hydrogens is 626 g/mol. The molecule has 254 valence electrons. The lowest BCUT2D eigenvalue weighted by atomic mass is 10.1. The van der Waals surface area contributed by atoms with Crippen molar-refractivity contribution in [2.45, 2.75) is 58.0 Å². The molecule has 1 heterocycles. The van der Waals surface area contributed by atoms with Crippen LogP contribution in [-0.2, 0) is 33.6 Å². The van der Waals surface area contributed by atoms with Crippen LogP contribution in [0, 0.1) is 5.92 Å². The molecule has 0 saturated carbocycles. The third-order valence-electron chi connectivity index (χ3n) is 6.14. The highest BCUT2D eigenvalue weighted by Gasteiger charge is 2.38. The zero-order valence-corrected chi connectivity index (χ0v) is 27.6. The van der Waals surface area contributed by atoms with E-state index >= 15 is 0 Å². The number of primary amides is 1. The maximum atomic E-state index is 13.6. The molecule has 0 bridgehead atoms. The summed E-state index contributed by atoms with van der Waals surface area (Å²) in [7, 11) is 0. The van der Waals surface area contributed by atoms with E-state index in [9.17, 15) is 33.6 Å². The monoisotopic (exact) mass is 673 g/mol. The van der Waals surface area contributed by atoms with E-state index in [1.165, 1.54) is 34.8 Å².